The summed E-state index contributed by atoms with van der Waals surface area (Å²) in [5, 5.41) is 3.12. The van der Waals surface area contributed by atoms with Gasteiger partial charge in [0.2, 0.25) is 0 Å². The maximum atomic E-state index is 12.5. The Morgan fingerprint density at radius 3 is 2.77 bits per heavy atom. The predicted octanol–water partition coefficient (Wildman–Crippen LogP) is 3.90. The van der Waals surface area contributed by atoms with Crippen LogP contribution in [0.4, 0.5) is 0 Å². The van der Waals surface area contributed by atoms with Crippen LogP contribution >= 0.6 is 45.2 Å². The van der Waals surface area contributed by atoms with Gasteiger partial charge in [-0.1, -0.05) is 35.4 Å². The van der Waals surface area contributed by atoms with Gasteiger partial charge in [0.05, 0.1) is 7.85 Å². The van der Waals surface area contributed by atoms with Crippen LogP contribution in [-0.2, 0) is 0 Å². The van der Waals surface area contributed by atoms with Gasteiger partial charge in [-0.05, 0) is 69.8 Å². The van der Waals surface area contributed by atoms with Crippen LogP contribution in [-0.4, -0.2) is 38.1 Å². The molecule has 1 fully saturated rings. The topological polar surface area (TPSA) is 67.8 Å². The van der Waals surface area contributed by atoms with Gasteiger partial charge >= 0.3 is 0 Å². The summed E-state index contributed by atoms with van der Waals surface area (Å²) in [6.07, 6.45) is 9.40. The summed E-state index contributed by atoms with van der Waals surface area (Å²) >= 11 is 4.48. The molecule has 0 aromatic carbocycles. The number of hydrogen-bond donors (Lipinski definition) is 1. The number of hydrogen-bond acceptors (Lipinski definition) is 4. The lowest BCUT2D eigenvalue weighted by atomic mass is 9.76. The molecule has 26 heavy (non-hydrogen) atoms. The number of aromatic nitrogens is 3. The third kappa shape index (κ3) is 5.61. The van der Waals surface area contributed by atoms with Gasteiger partial charge in [-0.2, -0.15) is 0 Å². The van der Waals surface area contributed by atoms with Gasteiger partial charge in [-0.15, -0.1) is 0 Å². The van der Waals surface area contributed by atoms with E-state index in [4.69, 9.17) is 7.85 Å². The molecule has 1 saturated carbocycles. The third-order valence-corrected chi connectivity index (χ3v) is 6.19. The Morgan fingerprint density at radius 1 is 1.19 bits per heavy atom. The Morgan fingerprint density at radius 2 is 2.04 bits per heavy atom. The average Bonchev–Trinajstić information content (AvgIpc) is 2.62. The lowest BCUT2D eigenvalue weighted by Gasteiger charge is -2.29. The van der Waals surface area contributed by atoms with E-state index in [0.717, 1.165) is 47.8 Å². The Kier molecular flexibility index (Phi) is 6.87. The van der Waals surface area contributed by atoms with Crippen molar-refractivity contribution in [3.8, 4) is 11.4 Å². The molecule has 2 heterocycles. The Hall–Kier alpha value is -0.775. The van der Waals surface area contributed by atoms with Crippen molar-refractivity contribution >= 4 is 58.9 Å². The molecular formula is C18H19BI2N4O. The van der Waals surface area contributed by atoms with Crippen LogP contribution in [0.3, 0.4) is 0 Å². The number of nitrogens with one attached hydrogen (secondary N) is 1. The molecule has 2 radical (unpaired) electrons. The zero-order valence-electron chi connectivity index (χ0n) is 14.3. The molecule has 0 spiro atoms. The average molecular weight is 572 g/mol. The van der Waals surface area contributed by atoms with Crippen LogP contribution in [0.25, 0.3) is 11.4 Å². The highest BCUT2D eigenvalue weighted by Crippen LogP contribution is 2.31. The van der Waals surface area contributed by atoms with Gasteiger partial charge in [0.25, 0.3) is 5.91 Å². The second-order valence-corrected chi connectivity index (χ2v) is 9.88. The lowest BCUT2D eigenvalue weighted by molar-refractivity contribution is 0.0925. The summed E-state index contributed by atoms with van der Waals surface area (Å²) in [7, 11) is 6.28. The fourth-order valence-electron chi connectivity index (χ4n) is 3.03. The number of alkyl halides is 1. The number of pyridine rings is 1. The van der Waals surface area contributed by atoms with E-state index in [2.05, 4.69) is 65.5 Å². The molecule has 2 atom stereocenters. The van der Waals surface area contributed by atoms with Crippen LogP contribution in [0.1, 0.15) is 49.0 Å². The van der Waals surface area contributed by atoms with E-state index in [-0.39, 0.29) is 15.3 Å². The minimum Gasteiger partial charge on any atom is -0.348 e. The first-order valence-corrected chi connectivity index (χ1v) is 10.8. The summed E-state index contributed by atoms with van der Waals surface area (Å²) in [4.78, 5) is 25.4. The van der Waals surface area contributed by atoms with E-state index in [9.17, 15) is 4.79 Å². The highest BCUT2D eigenvalue weighted by atomic mass is 127. The molecule has 2 aromatic rings. The second kappa shape index (κ2) is 8.94. The van der Waals surface area contributed by atoms with E-state index in [1.165, 1.54) is 0 Å². The van der Waals surface area contributed by atoms with Crippen LogP contribution in [0.5, 0.6) is 0 Å². The molecule has 1 amide bonds. The highest BCUT2D eigenvalue weighted by Gasteiger charge is 2.25. The normalized spacial score (nSPS) is 23.7. The number of halogens is 2. The first kappa shape index (κ1) is 20.0. The second-order valence-electron chi connectivity index (χ2n) is 6.62. The predicted molar refractivity (Wildman–Crippen MR) is 119 cm³/mol. The fraction of sp³-hybridized carbons (Fsp3) is 0.444. The number of rotatable bonds is 3. The zero-order chi connectivity index (χ0) is 18.6. The quantitative estimate of drug-likeness (QED) is 0.263. The van der Waals surface area contributed by atoms with E-state index in [1.54, 1.807) is 18.5 Å². The Labute approximate surface area is 182 Å². The standard InChI is InChI=1S/C18H19BI2N4O/c19-18(21)8-2-1-3-13(6-9-18)24-17(26)14-5-4-12(11-23-14)16-22-10-7-15(20)25-16/h4-5,7,10-11,13H,1-3,6,8-9H2,(H,24,26). The first-order chi connectivity index (χ1) is 12.4. The molecular weight excluding hydrogens is 553 g/mol. The third-order valence-electron chi connectivity index (χ3n) is 4.51. The largest absolute Gasteiger partial charge is 0.348 e. The Bertz CT molecular complexity index is 770. The molecule has 1 aliphatic carbocycles. The molecule has 1 N–H and O–H groups in total. The number of nitrogens with zero attached hydrogens (tertiary/aromatic N) is 3. The summed E-state index contributed by atoms with van der Waals surface area (Å²) in [5.41, 5.74) is 1.21. The van der Waals surface area contributed by atoms with E-state index in [0.29, 0.717) is 11.5 Å². The lowest BCUT2D eigenvalue weighted by Crippen LogP contribution is -2.38. The molecule has 2 aromatic heterocycles. The van der Waals surface area contributed by atoms with Crippen molar-refractivity contribution in [3.63, 3.8) is 0 Å². The molecule has 0 bridgehead atoms. The van der Waals surface area contributed by atoms with Gasteiger partial charge in [0, 0.05) is 24.0 Å². The molecule has 1 aliphatic rings. The Balaban J connectivity index is 1.64. The summed E-state index contributed by atoms with van der Waals surface area (Å²) in [6.45, 7) is 0. The van der Waals surface area contributed by atoms with Crippen molar-refractivity contribution < 1.29 is 4.79 Å². The van der Waals surface area contributed by atoms with Crippen LogP contribution < -0.4 is 5.32 Å². The smallest absolute Gasteiger partial charge is 0.270 e. The number of amides is 1. The summed E-state index contributed by atoms with van der Waals surface area (Å²) in [5.74, 6) is 0.472. The monoisotopic (exact) mass is 572 g/mol. The molecule has 3 rings (SSSR count). The molecule has 134 valence electrons. The highest BCUT2D eigenvalue weighted by molar-refractivity contribution is 14.1. The van der Waals surface area contributed by atoms with Gasteiger partial charge in [0.1, 0.15) is 9.39 Å². The van der Waals surface area contributed by atoms with E-state index in [1.807, 2.05) is 12.1 Å². The maximum Gasteiger partial charge on any atom is 0.270 e. The zero-order valence-corrected chi connectivity index (χ0v) is 18.6. The summed E-state index contributed by atoms with van der Waals surface area (Å²) < 4.78 is 0.707. The molecule has 8 heteroatoms. The van der Waals surface area contributed by atoms with Crippen molar-refractivity contribution in [2.45, 2.75) is 47.9 Å². The molecule has 2 unspecified atom stereocenters. The number of carbonyl (C=O) groups excluding carboxylic acids is 1. The van der Waals surface area contributed by atoms with Gasteiger partial charge < -0.3 is 5.32 Å². The fourth-order valence-corrected chi connectivity index (χ4v) is 4.12. The minimum absolute atomic E-state index is 0.137. The van der Waals surface area contributed by atoms with Crippen LogP contribution in [0.15, 0.2) is 30.6 Å². The van der Waals surface area contributed by atoms with Crippen molar-refractivity contribution in [1.29, 1.82) is 0 Å². The first-order valence-electron chi connectivity index (χ1n) is 8.67. The van der Waals surface area contributed by atoms with E-state index >= 15 is 0 Å². The van der Waals surface area contributed by atoms with Crippen molar-refractivity contribution in [2.75, 3.05) is 0 Å². The van der Waals surface area contributed by atoms with Crippen molar-refractivity contribution in [2.24, 2.45) is 0 Å². The van der Waals surface area contributed by atoms with E-state index < -0.39 is 0 Å². The van der Waals surface area contributed by atoms with Gasteiger partial charge in [-0.3, -0.25) is 9.78 Å². The van der Waals surface area contributed by atoms with Crippen LogP contribution in [0.2, 0.25) is 0 Å². The molecule has 0 saturated heterocycles. The van der Waals surface area contributed by atoms with Crippen molar-refractivity contribution in [3.05, 3.63) is 40.0 Å². The maximum absolute atomic E-state index is 12.5. The van der Waals surface area contributed by atoms with Crippen LogP contribution in [0, 0.1) is 3.70 Å². The minimum atomic E-state index is -0.158. The number of carbonyl (C=O) groups is 1. The SMILES string of the molecule is [B]C1(I)CCCCC(NC(=O)c2ccc(-c3nccc(I)n3)cn2)CC1. The molecule has 5 nitrogen and oxygen atoms in total. The van der Waals surface area contributed by atoms with Gasteiger partial charge in [-0.25, -0.2) is 9.97 Å². The van der Waals surface area contributed by atoms with Crippen molar-refractivity contribution in [1.82, 2.24) is 20.3 Å². The van der Waals surface area contributed by atoms with Gasteiger partial charge in [0.15, 0.2) is 5.82 Å². The molecule has 0 aliphatic heterocycles. The summed E-state index contributed by atoms with van der Waals surface area (Å²) in [6, 6.07) is 5.55.